The predicted octanol–water partition coefficient (Wildman–Crippen LogP) is 4.73. The Morgan fingerprint density at radius 2 is 1.67 bits per heavy atom. The Kier molecular flexibility index (Phi) is 3.21. The van der Waals surface area contributed by atoms with Gasteiger partial charge in [-0.3, -0.25) is 0 Å². The van der Waals surface area contributed by atoms with E-state index < -0.39 is 0 Å². The Labute approximate surface area is 129 Å². The topological polar surface area (TPSA) is 26.0 Å². The average Bonchev–Trinajstić information content (AvgIpc) is 2.98. The maximum absolute atomic E-state index is 6.59. The number of hydrogen-bond donors (Lipinski definition) is 1. The van der Waals surface area contributed by atoms with E-state index in [0.717, 1.165) is 5.75 Å². The van der Waals surface area contributed by atoms with E-state index in [9.17, 15) is 0 Å². The van der Waals surface area contributed by atoms with Crippen LogP contribution in [0.3, 0.4) is 0 Å². The Hall–Kier alpha value is -1.77. The van der Waals surface area contributed by atoms with E-state index in [4.69, 9.17) is 5.73 Å². The molecule has 2 unspecified atom stereocenters. The molecule has 1 aliphatic rings. The second kappa shape index (κ2) is 5.21. The quantitative estimate of drug-likeness (QED) is 0.738. The fourth-order valence-electron chi connectivity index (χ4n) is 3.13. The van der Waals surface area contributed by atoms with E-state index in [1.54, 1.807) is 0 Å². The van der Waals surface area contributed by atoms with Crippen LogP contribution in [-0.2, 0) is 0 Å². The Morgan fingerprint density at radius 1 is 0.905 bits per heavy atom. The summed E-state index contributed by atoms with van der Waals surface area (Å²) in [6.45, 7) is 0. The van der Waals surface area contributed by atoms with E-state index in [1.807, 2.05) is 11.8 Å². The molecule has 0 radical (unpaired) electrons. The normalized spacial score (nSPS) is 18.6. The van der Waals surface area contributed by atoms with Gasteiger partial charge in [0.1, 0.15) is 0 Å². The molecule has 0 aliphatic carbocycles. The minimum atomic E-state index is 0.0609. The SMILES string of the molecule is NC(c1ccc2ccccc2c1)C1CSc2ccccc21. The van der Waals surface area contributed by atoms with Crippen molar-refractivity contribution in [1.82, 2.24) is 0 Å². The van der Waals surface area contributed by atoms with Crippen molar-refractivity contribution in [2.75, 3.05) is 5.75 Å². The smallest absolute Gasteiger partial charge is 0.0373 e. The first kappa shape index (κ1) is 12.9. The highest BCUT2D eigenvalue weighted by molar-refractivity contribution is 7.99. The molecule has 0 amide bonds. The predicted molar refractivity (Wildman–Crippen MR) is 90.8 cm³/mol. The molecule has 0 bridgehead atoms. The van der Waals surface area contributed by atoms with Crippen molar-refractivity contribution >= 4 is 22.5 Å². The molecule has 0 saturated heterocycles. The summed E-state index contributed by atoms with van der Waals surface area (Å²) in [5.74, 6) is 1.49. The van der Waals surface area contributed by atoms with Crippen molar-refractivity contribution in [2.45, 2.75) is 16.9 Å². The van der Waals surface area contributed by atoms with Crippen LogP contribution >= 0.6 is 11.8 Å². The Balaban J connectivity index is 1.72. The van der Waals surface area contributed by atoms with Gasteiger partial charge in [-0.15, -0.1) is 11.8 Å². The molecule has 0 spiro atoms. The van der Waals surface area contributed by atoms with Gasteiger partial charge < -0.3 is 5.73 Å². The van der Waals surface area contributed by atoms with Gasteiger partial charge in [-0.1, -0.05) is 54.6 Å². The van der Waals surface area contributed by atoms with Crippen molar-refractivity contribution in [1.29, 1.82) is 0 Å². The van der Waals surface area contributed by atoms with Gasteiger partial charge in [-0.25, -0.2) is 0 Å². The van der Waals surface area contributed by atoms with Crippen LogP contribution in [0.1, 0.15) is 23.1 Å². The van der Waals surface area contributed by atoms with E-state index in [-0.39, 0.29) is 6.04 Å². The molecule has 3 aromatic rings. The molecule has 1 aliphatic heterocycles. The maximum atomic E-state index is 6.59. The fourth-order valence-corrected chi connectivity index (χ4v) is 4.44. The molecule has 104 valence electrons. The fraction of sp³-hybridized carbons (Fsp3) is 0.158. The third-order valence-electron chi connectivity index (χ3n) is 4.33. The van der Waals surface area contributed by atoms with Crippen molar-refractivity contribution in [3.63, 3.8) is 0 Å². The minimum absolute atomic E-state index is 0.0609. The number of nitrogens with two attached hydrogens (primary N) is 1. The Bertz CT molecular complexity index is 796. The van der Waals surface area contributed by atoms with Crippen LogP contribution in [0.2, 0.25) is 0 Å². The standard InChI is InChI=1S/C19H17NS/c20-19(17-12-21-18-8-4-3-7-16(17)18)15-10-9-13-5-1-2-6-14(13)11-15/h1-11,17,19H,12,20H2. The van der Waals surface area contributed by atoms with Gasteiger partial charge in [0, 0.05) is 22.6 Å². The van der Waals surface area contributed by atoms with Gasteiger partial charge in [0.2, 0.25) is 0 Å². The lowest BCUT2D eigenvalue weighted by molar-refractivity contribution is 0.608. The molecule has 0 saturated carbocycles. The van der Waals surface area contributed by atoms with Crippen LogP contribution in [0.5, 0.6) is 0 Å². The summed E-state index contributed by atoms with van der Waals surface area (Å²) in [7, 11) is 0. The van der Waals surface area contributed by atoms with E-state index in [1.165, 1.54) is 26.8 Å². The first-order valence-corrected chi connectivity index (χ1v) is 8.27. The van der Waals surface area contributed by atoms with Crippen LogP contribution in [0, 0.1) is 0 Å². The second-order valence-corrected chi connectivity index (χ2v) is 6.65. The summed E-state index contributed by atoms with van der Waals surface area (Å²) < 4.78 is 0. The van der Waals surface area contributed by atoms with Crippen molar-refractivity contribution in [3.05, 3.63) is 77.9 Å². The Morgan fingerprint density at radius 3 is 2.57 bits per heavy atom. The minimum Gasteiger partial charge on any atom is -0.323 e. The molecular weight excluding hydrogens is 274 g/mol. The largest absolute Gasteiger partial charge is 0.323 e. The summed E-state index contributed by atoms with van der Waals surface area (Å²) in [6, 6.07) is 23.8. The molecule has 0 aromatic heterocycles. The zero-order valence-corrected chi connectivity index (χ0v) is 12.5. The third kappa shape index (κ3) is 2.25. The second-order valence-electron chi connectivity index (χ2n) is 5.59. The summed E-state index contributed by atoms with van der Waals surface area (Å²) in [4.78, 5) is 1.39. The monoisotopic (exact) mass is 291 g/mol. The molecule has 21 heavy (non-hydrogen) atoms. The van der Waals surface area contributed by atoms with Gasteiger partial charge in [-0.05, 0) is 34.0 Å². The number of benzene rings is 3. The molecule has 3 aromatic carbocycles. The van der Waals surface area contributed by atoms with Gasteiger partial charge in [-0.2, -0.15) is 0 Å². The summed E-state index contributed by atoms with van der Waals surface area (Å²) >= 11 is 1.92. The lowest BCUT2D eigenvalue weighted by atomic mass is 9.88. The third-order valence-corrected chi connectivity index (χ3v) is 5.54. The molecule has 2 atom stereocenters. The zero-order valence-electron chi connectivity index (χ0n) is 11.7. The van der Waals surface area contributed by atoms with E-state index >= 15 is 0 Å². The number of thioether (sulfide) groups is 1. The molecule has 4 rings (SSSR count). The highest BCUT2D eigenvalue weighted by Gasteiger charge is 2.28. The van der Waals surface area contributed by atoms with Crippen molar-refractivity contribution in [2.24, 2.45) is 5.73 Å². The molecule has 1 heterocycles. The van der Waals surface area contributed by atoms with Gasteiger partial charge in [0.15, 0.2) is 0 Å². The number of fused-ring (bicyclic) bond motifs is 2. The first-order chi connectivity index (χ1) is 10.3. The molecular formula is C19H17NS. The summed E-state index contributed by atoms with van der Waals surface area (Å²) in [5, 5.41) is 2.54. The van der Waals surface area contributed by atoms with E-state index in [0.29, 0.717) is 5.92 Å². The highest BCUT2D eigenvalue weighted by Crippen LogP contribution is 2.44. The molecule has 2 heteroatoms. The highest BCUT2D eigenvalue weighted by atomic mass is 32.2. The first-order valence-electron chi connectivity index (χ1n) is 7.29. The van der Waals surface area contributed by atoms with Crippen LogP contribution in [0.25, 0.3) is 10.8 Å². The van der Waals surface area contributed by atoms with Gasteiger partial charge in [0.05, 0.1) is 0 Å². The summed E-state index contributed by atoms with van der Waals surface area (Å²) in [5.41, 5.74) is 9.23. The molecule has 2 N–H and O–H groups in total. The number of rotatable bonds is 2. The molecule has 0 fully saturated rings. The average molecular weight is 291 g/mol. The van der Waals surface area contributed by atoms with Crippen molar-refractivity contribution in [3.8, 4) is 0 Å². The lowest BCUT2D eigenvalue weighted by Gasteiger charge is -2.20. The van der Waals surface area contributed by atoms with Crippen LogP contribution < -0.4 is 5.73 Å². The van der Waals surface area contributed by atoms with Gasteiger partial charge in [0.25, 0.3) is 0 Å². The molecule has 1 nitrogen and oxygen atoms in total. The zero-order chi connectivity index (χ0) is 14.2. The lowest BCUT2D eigenvalue weighted by Crippen LogP contribution is -2.19. The summed E-state index contributed by atoms with van der Waals surface area (Å²) in [6.07, 6.45) is 0. The van der Waals surface area contributed by atoms with Crippen molar-refractivity contribution < 1.29 is 0 Å². The van der Waals surface area contributed by atoms with Crippen LogP contribution in [0.15, 0.2) is 71.6 Å². The van der Waals surface area contributed by atoms with Crippen LogP contribution in [-0.4, -0.2) is 5.75 Å². The van der Waals surface area contributed by atoms with E-state index in [2.05, 4.69) is 66.7 Å². The maximum Gasteiger partial charge on any atom is 0.0373 e. The van der Waals surface area contributed by atoms with Crippen LogP contribution in [0.4, 0.5) is 0 Å². The number of hydrogen-bond acceptors (Lipinski definition) is 2. The van der Waals surface area contributed by atoms with Gasteiger partial charge >= 0.3 is 0 Å².